The van der Waals surface area contributed by atoms with Gasteiger partial charge in [-0.05, 0) is 72.8 Å². The first kappa shape index (κ1) is 17.4. The van der Waals surface area contributed by atoms with Crippen molar-refractivity contribution in [2.45, 2.75) is 0 Å². The van der Waals surface area contributed by atoms with Crippen molar-refractivity contribution < 1.29 is 4.79 Å². The van der Waals surface area contributed by atoms with Gasteiger partial charge in [-0.1, -0.05) is 0 Å². The summed E-state index contributed by atoms with van der Waals surface area (Å²) in [5, 5.41) is 7.19. The standard InChI is InChI=1S/C22H19N5O/c23-15-3-8-18(9-4-15)27-22(28)14-1-6-17(7-2-14)26-20-11-12-25-21-13-16(24)5-10-19(20)21/h1-13H,23-24H2,(H,25,26)(H,27,28). The molecule has 0 radical (unpaired) electrons. The fraction of sp³-hybridized carbons (Fsp3) is 0. The van der Waals surface area contributed by atoms with Crippen LogP contribution in [0.4, 0.5) is 28.4 Å². The van der Waals surface area contributed by atoms with Crippen molar-refractivity contribution in [3.05, 3.63) is 84.6 Å². The van der Waals surface area contributed by atoms with Crippen LogP contribution in [-0.4, -0.2) is 10.9 Å². The van der Waals surface area contributed by atoms with Crippen molar-refractivity contribution in [2.75, 3.05) is 22.1 Å². The normalized spacial score (nSPS) is 10.6. The van der Waals surface area contributed by atoms with E-state index in [4.69, 9.17) is 11.5 Å². The summed E-state index contributed by atoms with van der Waals surface area (Å²) in [5.41, 5.74) is 16.7. The predicted octanol–water partition coefficient (Wildman–Crippen LogP) is 4.40. The van der Waals surface area contributed by atoms with E-state index in [1.807, 2.05) is 36.4 Å². The number of rotatable bonds is 4. The molecule has 0 fully saturated rings. The molecule has 0 spiro atoms. The second-order valence-electron chi connectivity index (χ2n) is 6.41. The number of aromatic nitrogens is 1. The van der Waals surface area contributed by atoms with Crippen molar-refractivity contribution in [1.82, 2.24) is 4.98 Å². The van der Waals surface area contributed by atoms with Crippen LogP contribution in [0.1, 0.15) is 10.4 Å². The Kier molecular flexibility index (Phi) is 4.51. The molecule has 6 N–H and O–H groups in total. The van der Waals surface area contributed by atoms with Gasteiger partial charge in [0.1, 0.15) is 0 Å². The zero-order valence-electron chi connectivity index (χ0n) is 15.0. The number of hydrogen-bond donors (Lipinski definition) is 4. The van der Waals surface area contributed by atoms with E-state index in [1.165, 1.54) is 0 Å². The van der Waals surface area contributed by atoms with Gasteiger partial charge in [-0.2, -0.15) is 0 Å². The Morgan fingerprint density at radius 2 is 1.46 bits per heavy atom. The smallest absolute Gasteiger partial charge is 0.255 e. The number of benzene rings is 3. The molecule has 4 aromatic rings. The molecular formula is C22H19N5O. The van der Waals surface area contributed by atoms with Crippen LogP contribution in [0.5, 0.6) is 0 Å². The minimum atomic E-state index is -0.179. The van der Waals surface area contributed by atoms with Gasteiger partial charge in [-0.3, -0.25) is 9.78 Å². The lowest BCUT2D eigenvalue weighted by Gasteiger charge is -2.11. The Morgan fingerprint density at radius 1 is 0.786 bits per heavy atom. The summed E-state index contributed by atoms with van der Waals surface area (Å²) < 4.78 is 0. The zero-order valence-corrected chi connectivity index (χ0v) is 15.0. The Balaban J connectivity index is 1.50. The number of fused-ring (bicyclic) bond motifs is 1. The van der Waals surface area contributed by atoms with Crippen molar-refractivity contribution in [3.8, 4) is 0 Å². The lowest BCUT2D eigenvalue weighted by atomic mass is 10.1. The maximum atomic E-state index is 12.4. The fourth-order valence-electron chi connectivity index (χ4n) is 2.90. The molecule has 0 aliphatic heterocycles. The second kappa shape index (κ2) is 7.28. The van der Waals surface area contributed by atoms with Crippen LogP contribution in [0.3, 0.4) is 0 Å². The average Bonchev–Trinajstić information content (AvgIpc) is 2.70. The number of anilines is 5. The topological polar surface area (TPSA) is 106 Å². The van der Waals surface area contributed by atoms with Crippen LogP contribution in [-0.2, 0) is 0 Å². The van der Waals surface area contributed by atoms with Gasteiger partial charge in [0.05, 0.1) is 5.52 Å². The van der Waals surface area contributed by atoms with E-state index >= 15 is 0 Å². The van der Waals surface area contributed by atoms with Gasteiger partial charge in [0, 0.05) is 45.6 Å². The number of nitrogens with zero attached hydrogens (tertiary/aromatic N) is 1. The molecule has 1 aromatic heterocycles. The van der Waals surface area contributed by atoms with Crippen molar-refractivity contribution >= 4 is 45.2 Å². The Hall–Kier alpha value is -4.06. The van der Waals surface area contributed by atoms with Gasteiger partial charge in [-0.15, -0.1) is 0 Å². The summed E-state index contributed by atoms with van der Waals surface area (Å²) in [4.78, 5) is 16.7. The van der Waals surface area contributed by atoms with Crippen molar-refractivity contribution in [1.29, 1.82) is 0 Å². The summed E-state index contributed by atoms with van der Waals surface area (Å²) in [6, 6.07) is 21.8. The zero-order chi connectivity index (χ0) is 19.5. The van der Waals surface area contributed by atoms with E-state index in [0.29, 0.717) is 22.6 Å². The SMILES string of the molecule is Nc1ccc(NC(=O)c2ccc(Nc3ccnc4cc(N)ccc34)cc2)cc1. The average molecular weight is 369 g/mol. The third-order valence-electron chi connectivity index (χ3n) is 4.36. The second-order valence-corrected chi connectivity index (χ2v) is 6.41. The van der Waals surface area contributed by atoms with E-state index in [0.717, 1.165) is 22.3 Å². The molecule has 138 valence electrons. The summed E-state index contributed by atoms with van der Waals surface area (Å²) >= 11 is 0. The molecule has 0 atom stereocenters. The maximum Gasteiger partial charge on any atom is 0.255 e. The molecule has 6 heteroatoms. The minimum Gasteiger partial charge on any atom is -0.399 e. The molecule has 0 saturated carbocycles. The summed E-state index contributed by atoms with van der Waals surface area (Å²) in [6.45, 7) is 0. The number of amides is 1. The summed E-state index contributed by atoms with van der Waals surface area (Å²) in [6.07, 6.45) is 1.73. The molecule has 1 amide bonds. The van der Waals surface area contributed by atoms with Crippen molar-refractivity contribution in [2.24, 2.45) is 0 Å². The van der Waals surface area contributed by atoms with Crippen LogP contribution in [0.25, 0.3) is 10.9 Å². The molecule has 6 nitrogen and oxygen atoms in total. The number of nitrogens with one attached hydrogen (secondary N) is 2. The molecule has 0 unspecified atom stereocenters. The first-order valence-electron chi connectivity index (χ1n) is 8.77. The lowest BCUT2D eigenvalue weighted by molar-refractivity contribution is 0.102. The molecule has 4 rings (SSSR count). The molecular weight excluding hydrogens is 350 g/mol. The van der Waals surface area contributed by atoms with E-state index in [1.54, 1.807) is 42.6 Å². The molecule has 0 saturated heterocycles. The van der Waals surface area contributed by atoms with E-state index in [2.05, 4.69) is 15.6 Å². The highest BCUT2D eigenvalue weighted by Gasteiger charge is 2.07. The van der Waals surface area contributed by atoms with Crippen LogP contribution in [0.2, 0.25) is 0 Å². The predicted molar refractivity (Wildman–Crippen MR) is 115 cm³/mol. The maximum absolute atomic E-state index is 12.4. The highest BCUT2D eigenvalue weighted by Crippen LogP contribution is 2.26. The summed E-state index contributed by atoms with van der Waals surface area (Å²) in [7, 11) is 0. The van der Waals surface area contributed by atoms with Crippen LogP contribution in [0.15, 0.2) is 79.0 Å². The molecule has 3 aromatic carbocycles. The number of hydrogen-bond acceptors (Lipinski definition) is 5. The Morgan fingerprint density at radius 3 is 2.21 bits per heavy atom. The lowest BCUT2D eigenvalue weighted by Crippen LogP contribution is -2.11. The molecule has 0 aliphatic rings. The van der Waals surface area contributed by atoms with Crippen molar-refractivity contribution in [3.63, 3.8) is 0 Å². The van der Waals surface area contributed by atoms with Crippen LogP contribution < -0.4 is 22.1 Å². The fourth-order valence-corrected chi connectivity index (χ4v) is 2.90. The van der Waals surface area contributed by atoms with Gasteiger partial charge in [0.2, 0.25) is 0 Å². The largest absolute Gasteiger partial charge is 0.399 e. The summed E-state index contributed by atoms with van der Waals surface area (Å²) in [5.74, 6) is -0.179. The third-order valence-corrected chi connectivity index (χ3v) is 4.36. The molecule has 1 heterocycles. The Bertz CT molecular complexity index is 1140. The number of nitrogen functional groups attached to an aromatic ring is 2. The highest BCUT2D eigenvalue weighted by atomic mass is 16.1. The molecule has 28 heavy (non-hydrogen) atoms. The number of pyridine rings is 1. The highest BCUT2D eigenvalue weighted by molar-refractivity contribution is 6.04. The van der Waals surface area contributed by atoms with E-state index in [-0.39, 0.29) is 5.91 Å². The van der Waals surface area contributed by atoms with E-state index in [9.17, 15) is 4.79 Å². The first-order chi connectivity index (χ1) is 13.6. The molecule has 0 aliphatic carbocycles. The van der Waals surface area contributed by atoms with Gasteiger partial charge >= 0.3 is 0 Å². The minimum absolute atomic E-state index is 0.179. The van der Waals surface area contributed by atoms with Crippen LogP contribution in [0, 0.1) is 0 Å². The molecule has 0 bridgehead atoms. The van der Waals surface area contributed by atoms with Gasteiger partial charge in [0.15, 0.2) is 0 Å². The van der Waals surface area contributed by atoms with Gasteiger partial charge in [-0.25, -0.2) is 0 Å². The first-order valence-corrected chi connectivity index (χ1v) is 8.77. The van der Waals surface area contributed by atoms with Gasteiger partial charge in [0.25, 0.3) is 5.91 Å². The number of nitrogens with two attached hydrogens (primary N) is 2. The quantitative estimate of drug-likeness (QED) is 0.399. The number of carbonyl (C=O) groups is 1. The third kappa shape index (κ3) is 3.71. The Labute approximate surface area is 162 Å². The van der Waals surface area contributed by atoms with Gasteiger partial charge < -0.3 is 22.1 Å². The van der Waals surface area contributed by atoms with Crippen LogP contribution >= 0.6 is 0 Å². The monoisotopic (exact) mass is 369 g/mol. The van der Waals surface area contributed by atoms with E-state index < -0.39 is 0 Å². The number of carbonyl (C=O) groups excluding carboxylic acids is 1.